The van der Waals surface area contributed by atoms with Crippen LogP contribution in [0.5, 0.6) is 11.5 Å². The van der Waals surface area contributed by atoms with E-state index < -0.39 is 0 Å². The van der Waals surface area contributed by atoms with Crippen molar-refractivity contribution < 1.29 is 9.30 Å². The molecule has 6 heteroatoms. The monoisotopic (exact) mass is 711 g/mol. The van der Waals surface area contributed by atoms with E-state index in [1.165, 1.54) is 27.6 Å². The number of nitrogens with zero attached hydrogens (tertiary/aromatic N) is 5. The summed E-state index contributed by atoms with van der Waals surface area (Å²) in [6.45, 7) is 22.5. The molecule has 4 aromatic heterocycles. The Bertz CT molecular complexity index is 2680. The minimum Gasteiger partial charge on any atom is -0.456 e. The third kappa shape index (κ3) is 6.34. The topological polar surface area (TPSA) is 48.8 Å². The second-order valence-electron chi connectivity index (χ2n) is 17.6. The fourth-order valence-corrected chi connectivity index (χ4v) is 7.30. The SMILES string of the molecule is Cc1cccc2c1[n+](-c1cc(C(C)(C)C)cc(C(C)(C)C)c1)[c-]n2-c1cncc(Oc2ccc3c4ccccc4n(-c4cc(C(C)(C)C)ccn4)c3c2)c1. The molecule has 0 N–H and O–H groups in total. The van der Waals surface area contributed by atoms with Crippen molar-refractivity contribution in [2.24, 2.45) is 0 Å². The van der Waals surface area contributed by atoms with Gasteiger partial charge in [0, 0.05) is 29.2 Å². The maximum absolute atomic E-state index is 6.62. The largest absolute Gasteiger partial charge is 0.456 e. The van der Waals surface area contributed by atoms with Crippen molar-refractivity contribution in [1.82, 2.24) is 19.1 Å². The average Bonchev–Trinajstić information content (AvgIpc) is 3.68. The van der Waals surface area contributed by atoms with Crippen molar-refractivity contribution in [2.45, 2.75) is 85.5 Å². The molecule has 0 unspecified atom stereocenters. The van der Waals surface area contributed by atoms with Crippen LogP contribution in [-0.2, 0) is 16.2 Å². The summed E-state index contributed by atoms with van der Waals surface area (Å²) in [4.78, 5) is 9.51. The van der Waals surface area contributed by atoms with Crippen LogP contribution in [0.15, 0.2) is 116 Å². The summed E-state index contributed by atoms with van der Waals surface area (Å²) >= 11 is 0. The fourth-order valence-electron chi connectivity index (χ4n) is 7.30. The van der Waals surface area contributed by atoms with Crippen LogP contribution in [0, 0.1) is 13.3 Å². The highest BCUT2D eigenvalue weighted by Crippen LogP contribution is 2.37. The molecule has 0 amide bonds. The molecule has 0 spiro atoms. The summed E-state index contributed by atoms with van der Waals surface area (Å²) in [5.41, 5.74) is 11.2. The van der Waals surface area contributed by atoms with Crippen LogP contribution < -0.4 is 9.30 Å². The molecule has 0 aliphatic carbocycles. The van der Waals surface area contributed by atoms with Gasteiger partial charge in [0.15, 0.2) is 0 Å². The maximum atomic E-state index is 6.62. The van der Waals surface area contributed by atoms with Gasteiger partial charge in [0.1, 0.15) is 17.3 Å². The normalized spacial score (nSPS) is 12.6. The Labute approximate surface area is 318 Å². The van der Waals surface area contributed by atoms with E-state index in [0.29, 0.717) is 5.75 Å². The highest BCUT2D eigenvalue weighted by Gasteiger charge is 2.23. The molecule has 8 aromatic rings. The van der Waals surface area contributed by atoms with Gasteiger partial charge in [-0.2, -0.15) is 0 Å². The zero-order valence-corrected chi connectivity index (χ0v) is 33.1. The first-order valence-electron chi connectivity index (χ1n) is 18.8. The Balaban J connectivity index is 1.22. The molecule has 4 heterocycles. The fraction of sp³-hybridized carbons (Fsp3) is 0.271. The van der Waals surface area contributed by atoms with Crippen molar-refractivity contribution in [1.29, 1.82) is 0 Å². The summed E-state index contributed by atoms with van der Waals surface area (Å²) in [6, 6.07) is 34.5. The van der Waals surface area contributed by atoms with E-state index >= 15 is 0 Å². The van der Waals surface area contributed by atoms with Gasteiger partial charge in [-0.25, -0.2) is 4.98 Å². The van der Waals surface area contributed by atoms with E-state index in [1.54, 1.807) is 6.20 Å². The number of aromatic nitrogens is 5. The van der Waals surface area contributed by atoms with Crippen molar-refractivity contribution >= 4 is 32.8 Å². The number of fused-ring (bicyclic) bond motifs is 4. The maximum Gasteiger partial charge on any atom is 0.269 e. The number of hydrogen-bond acceptors (Lipinski definition) is 3. The van der Waals surface area contributed by atoms with Crippen molar-refractivity contribution in [3.63, 3.8) is 0 Å². The number of imidazole rings is 1. The Morgan fingerprint density at radius 1 is 0.611 bits per heavy atom. The molecule has 0 radical (unpaired) electrons. The van der Waals surface area contributed by atoms with E-state index in [0.717, 1.165) is 50.4 Å². The average molecular weight is 712 g/mol. The second-order valence-corrected chi connectivity index (χ2v) is 17.6. The Hall–Kier alpha value is -5.75. The Kier molecular flexibility index (Phi) is 8.29. The molecule has 0 saturated heterocycles. The van der Waals surface area contributed by atoms with Crippen LogP contribution in [0.4, 0.5) is 0 Å². The molecule has 0 bridgehead atoms. The standard InChI is InChI=1S/C48H49N5O/c1-31-14-13-17-42-45(31)52(35-23-33(47(5,6)7)22-34(24-35)48(8,9)10)30-51(42)36-26-38(29-49-28-36)54-37-18-19-40-39-15-11-12-16-41(39)53(43(40)27-37)44-25-32(20-21-50-44)46(2,3)4/h11-29H,1-10H3. The third-order valence-electron chi connectivity index (χ3n) is 10.5. The Morgan fingerprint density at radius 2 is 1.30 bits per heavy atom. The molecular weight excluding hydrogens is 663 g/mol. The van der Waals surface area contributed by atoms with Crippen LogP contribution in [0.25, 0.3) is 50.0 Å². The zero-order chi connectivity index (χ0) is 38.2. The van der Waals surface area contributed by atoms with Crippen LogP contribution in [0.3, 0.4) is 0 Å². The lowest BCUT2D eigenvalue weighted by Crippen LogP contribution is -2.32. The number of aryl methyl sites for hydroxylation is 1. The second kappa shape index (κ2) is 12.7. The molecule has 0 aliphatic heterocycles. The highest BCUT2D eigenvalue weighted by atomic mass is 16.5. The van der Waals surface area contributed by atoms with Crippen molar-refractivity contribution in [3.05, 3.63) is 144 Å². The summed E-state index contributed by atoms with van der Waals surface area (Å²) in [6.07, 6.45) is 9.27. The Morgan fingerprint density at radius 3 is 2.02 bits per heavy atom. The van der Waals surface area contributed by atoms with Gasteiger partial charge >= 0.3 is 0 Å². The highest BCUT2D eigenvalue weighted by molar-refractivity contribution is 6.09. The molecule has 54 heavy (non-hydrogen) atoms. The van der Waals surface area contributed by atoms with Crippen LogP contribution in [0.1, 0.15) is 84.6 Å². The third-order valence-corrected chi connectivity index (χ3v) is 10.5. The first kappa shape index (κ1) is 35.3. The van der Waals surface area contributed by atoms with Crippen molar-refractivity contribution in [3.8, 4) is 28.7 Å². The molecule has 0 saturated carbocycles. The number of benzene rings is 4. The molecule has 0 aliphatic rings. The predicted octanol–water partition coefficient (Wildman–Crippen LogP) is 11.6. The summed E-state index contributed by atoms with van der Waals surface area (Å²) < 4.78 is 13.2. The minimum atomic E-state index is -0.00999. The van der Waals surface area contributed by atoms with Crippen molar-refractivity contribution in [2.75, 3.05) is 0 Å². The summed E-state index contributed by atoms with van der Waals surface area (Å²) in [5, 5.41) is 2.32. The van der Waals surface area contributed by atoms with Gasteiger partial charge in [-0.3, -0.25) is 18.7 Å². The molecule has 4 aromatic carbocycles. The molecule has 272 valence electrons. The molecule has 0 atom stereocenters. The first-order valence-corrected chi connectivity index (χ1v) is 18.8. The first-order chi connectivity index (χ1) is 25.6. The number of rotatable bonds is 5. The molecule has 0 fully saturated rings. The smallest absolute Gasteiger partial charge is 0.269 e. The van der Waals surface area contributed by atoms with E-state index in [1.807, 2.05) is 24.5 Å². The molecule has 6 nitrogen and oxygen atoms in total. The van der Waals surface area contributed by atoms with Gasteiger partial charge in [0.05, 0.1) is 39.6 Å². The van der Waals surface area contributed by atoms with Crippen LogP contribution in [-0.4, -0.2) is 19.1 Å². The predicted molar refractivity (Wildman–Crippen MR) is 221 cm³/mol. The number of para-hydroxylation sites is 2. The minimum absolute atomic E-state index is 0.00495. The van der Waals surface area contributed by atoms with E-state index in [9.17, 15) is 0 Å². The van der Waals surface area contributed by atoms with Gasteiger partial charge < -0.3 is 4.74 Å². The summed E-state index contributed by atoms with van der Waals surface area (Å²) in [5.74, 6) is 2.25. The number of hydrogen-bond donors (Lipinski definition) is 0. The lowest BCUT2D eigenvalue weighted by atomic mass is 9.80. The number of ether oxygens (including phenoxy) is 1. The van der Waals surface area contributed by atoms with E-state index in [4.69, 9.17) is 9.72 Å². The van der Waals surface area contributed by atoms with E-state index in [-0.39, 0.29) is 16.2 Å². The van der Waals surface area contributed by atoms with Gasteiger partial charge in [0.25, 0.3) is 6.33 Å². The number of pyridine rings is 2. The van der Waals surface area contributed by atoms with Crippen LogP contribution in [0.2, 0.25) is 0 Å². The van der Waals surface area contributed by atoms with Crippen LogP contribution >= 0.6 is 0 Å². The van der Waals surface area contributed by atoms with Gasteiger partial charge in [-0.05, 0) is 94.0 Å². The van der Waals surface area contributed by atoms with E-state index in [2.05, 4.69) is 179 Å². The lowest BCUT2D eigenvalue weighted by Gasteiger charge is -2.26. The molecular formula is C48H49N5O. The zero-order valence-electron chi connectivity index (χ0n) is 33.1. The van der Waals surface area contributed by atoms with Gasteiger partial charge in [-0.15, -0.1) is 0 Å². The van der Waals surface area contributed by atoms with Gasteiger partial charge in [-0.1, -0.05) is 105 Å². The molecule has 8 rings (SSSR count). The van der Waals surface area contributed by atoms with Gasteiger partial charge in [0.2, 0.25) is 0 Å². The quantitative estimate of drug-likeness (QED) is 0.132. The lowest BCUT2D eigenvalue weighted by molar-refractivity contribution is -0.572. The summed E-state index contributed by atoms with van der Waals surface area (Å²) in [7, 11) is 0.